The number of carbonyl (C=O) groups excluding carboxylic acids is 1. The number of nitrogens with one attached hydrogen (secondary N) is 3. The molecular formula is C21H28N4O3S. The van der Waals surface area contributed by atoms with Gasteiger partial charge in [-0.3, -0.25) is 9.79 Å². The lowest BCUT2D eigenvalue weighted by Gasteiger charge is -2.13. The SMILES string of the molecule is CN=C(NCCc1ccc(NC(C)=O)cc1)NCc1ccc(S(C)(=O)=O)c(C)c1. The number of benzene rings is 2. The van der Waals surface area contributed by atoms with Gasteiger partial charge in [0.1, 0.15) is 0 Å². The molecular weight excluding hydrogens is 388 g/mol. The third-order valence-corrected chi connectivity index (χ3v) is 5.56. The number of carbonyl (C=O) groups is 1. The summed E-state index contributed by atoms with van der Waals surface area (Å²) >= 11 is 0. The molecule has 0 aromatic heterocycles. The Morgan fingerprint density at radius 2 is 1.69 bits per heavy atom. The van der Waals surface area contributed by atoms with E-state index in [1.54, 1.807) is 26.1 Å². The van der Waals surface area contributed by atoms with E-state index in [1.165, 1.54) is 13.2 Å². The van der Waals surface area contributed by atoms with Crippen LogP contribution in [0.25, 0.3) is 0 Å². The van der Waals surface area contributed by atoms with Crippen molar-refractivity contribution >= 4 is 27.4 Å². The Bertz CT molecular complexity index is 983. The van der Waals surface area contributed by atoms with Gasteiger partial charge >= 0.3 is 0 Å². The minimum atomic E-state index is -3.21. The molecule has 1 amide bonds. The Hall–Kier alpha value is -2.87. The summed E-state index contributed by atoms with van der Waals surface area (Å²) in [5, 5.41) is 9.23. The number of nitrogens with zero attached hydrogens (tertiary/aromatic N) is 1. The van der Waals surface area contributed by atoms with Gasteiger partial charge in [-0.25, -0.2) is 8.42 Å². The van der Waals surface area contributed by atoms with Gasteiger partial charge in [0.25, 0.3) is 0 Å². The molecule has 2 aromatic rings. The molecule has 0 aliphatic rings. The van der Waals surface area contributed by atoms with Gasteiger partial charge in [-0.1, -0.05) is 24.3 Å². The minimum absolute atomic E-state index is 0.0876. The summed E-state index contributed by atoms with van der Waals surface area (Å²) in [6.45, 7) is 4.52. The summed E-state index contributed by atoms with van der Waals surface area (Å²) in [6.07, 6.45) is 2.02. The molecule has 2 rings (SSSR count). The summed E-state index contributed by atoms with van der Waals surface area (Å²) < 4.78 is 23.4. The van der Waals surface area contributed by atoms with Gasteiger partial charge in [-0.2, -0.15) is 0 Å². The summed E-state index contributed by atoms with van der Waals surface area (Å²) in [6, 6.07) is 13.0. The number of rotatable bonds is 7. The molecule has 0 saturated heterocycles. The Kier molecular flexibility index (Phi) is 7.78. The molecule has 0 atom stereocenters. The van der Waals surface area contributed by atoms with Crippen LogP contribution in [0.15, 0.2) is 52.4 Å². The van der Waals surface area contributed by atoms with Gasteiger partial charge in [0.15, 0.2) is 15.8 Å². The predicted molar refractivity (Wildman–Crippen MR) is 117 cm³/mol. The molecule has 8 heteroatoms. The molecule has 0 saturated carbocycles. The van der Waals surface area contributed by atoms with Gasteiger partial charge in [-0.15, -0.1) is 0 Å². The fourth-order valence-electron chi connectivity index (χ4n) is 2.93. The van der Waals surface area contributed by atoms with Crippen molar-refractivity contribution < 1.29 is 13.2 Å². The highest BCUT2D eigenvalue weighted by Crippen LogP contribution is 2.16. The molecule has 2 aromatic carbocycles. The lowest BCUT2D eigenvalue weighted by molar-refractivity contribution is -0.114. The first-order chi connectivity index (χ1) is 13.7. The first kappa shape index (κ1) is 22.4. The van der Waals surface area contributed by atoms with Gasteiger partial charge in [0.2, 0.25) is 5.91 Å². The van der Waals surface area contributed by atoms with Crippen molar-refractivity contribution in [3.8, 4) is 0 Å². The topological polar surface area (TPSA) is 99.7 Å². The zero-order valence-corrected chi connectivity index (χ0v) is 18.1. The number of guanidine groups is 1. The number of hydrogen-bond acceptors (Lipinski definition) is 4. The van der Waals surface area contributed by atoms with Crippen molar-refractivity contribution in [2.75, 3.05) is 25.2 Å². The number of sulfone groups is 1. The van der Waals surface area contributed by atoms with Crippen molar-refractivity contribution in [1.29, 1.82) is 0 Å². The summed E-state index contributed by atoms with van der Waals surface area (Å²) in [5.74, 6) is 0.583. The smallest absolute Gasteiger partial charge is 0.221 e. The number of anilines is 1. The van der Waals surface area contributed by atoms with Crippen LogP contribution in [0.4, 0.5) is 5.69 Å². The second-order valence-corrected chi connectivity index (χ2v) is 8.84. The molecule has 7 nitrogen and oxygen atoms in total. The van der Waals surface area contributed by atoms with E-state index >= 15 is 0 Å². The molecule has 0 spiro atoms. The van der Waals surface area contributed by atoms with Crippen LogP contribution in [-0.2, 0) is 27.6 Å². The molecule has 0 aliphatic heterocycles. The van der Waals surface area contributed by atoms with E-state index < -0.39 is 9.84 Å². The number of hydrogen-bond donors (Lipinski definition) is 3. The van der Waals surface area contributed by atoms with Crippen LogP contribution >= 0.6 is 0 Å². The molecule has 0 fully saturated rings. The van der Waals surface area contributed by atoms with E-state index in [4.69, 9.17) is 0 Å². The monoisotopic (exact) mass is 416 g/mol. The first-order valence-corrected chi connectivity index (χ1v) is 11.2. The maximum Gasteiger partial charge on any atom is 0.221 e. The van der Waals surface area contributed by atoms with Crippen LogP contribution in [-0.4, -0.2) is 40.1 Å². The number of aryl methyl sites for hydroxylation is 1. The van der Waals surface area contributed by atoms with Crippen molar-refractivity contribution in [3.63, 3.8) is 0 Å². The van der Waals surface area contributed by atoms with E-state index in [9.17, 15) is 13.2 Å². The molecule has 0 unspecified atom stereocenters. The maximum absolute atomic E-state index is 11.7. The second-order valence-electron chi connectivity index (χ2n) is 6.85. The van der Waals surface area contributed by atoms with Crippen LogP contribution in [0.5, 0.6) is 0 Å². The molecule has 0 heterocycles. The summed E-state index contributed by atoms with van der Waals surface area (Å²) in [5.41, 5.74) is 3.64. The van der Waals surface area contributed by atoms with E-state index in [0.717, 1.165) is 28.8 Å². The highest BCUT2D eigenvalue weighted by molar-refractivity contribution is 7.90. The third-order valence-electron chi connectivity index (χ3n) is 4.30. The summed E-state index contributed by atoms with van der Waals surface area (Å²) in [4.78, 5) is 15.6. The zero-order chi connectivity index (χ0) is 21.4. The summed E-state index contributed by atoms with van der Waals surface area (Å²) in [7, 11) is -1.51. The van der Waals surface area contributed by atoms with E-state index in [1.807, 2.05) is 30.3 Å². The highest BCUT2D eigenvalue weighted by Gasteiger charge is 2.11. The molecule has 156 valence electrons. The number of aliphatic imine (C=N–C) groups is 1. The Morgan fingerprint density at radius 3 is 2.24 bits per heavy atom. The average molecular weight is 417 g/mol. The Morgan fingerprint density at radius 1 is 1.03 bits per heavy atom. The quantitative estimate of drug-likeness (QED) is 0.475. The molecule has 0 aliphatic carbocycles. The van der Waals surface area contributed by atoms with E-state index in [-0.39, 0.29) is 5.91 Å². The van der Waals surface area contributed by atoms with Crippen LogP contribution in [0, 0.1) is 6.92 Å². The van der Waals surface area contributed by atoms with Crippen LogP contribution in [0.3, 0.4) is 0 Å². The van der Waals surface area contributed by atoms with Crippen molar-refractivity contribution in [1.82, 2.24) is 10.6 Å². The predicted octanol–water partition coefficient (Wildman–Crippen LogP) is 2.26. The largest absolute Gasteiger partial charge is 0.356 e. The third kappa shape index (κ3) is 7.23. The van der Waals surface area contributed by atoms with Gasteiger partial charge < -0.3 is 16.0 Å². The average Bonchev–Trinajstić information content (AvgIpc) is 2.64. The zero-order valence-electron chi connectivity index (χ0n) is 17.2. The van der Waals surface area contributed by atoms with E-state index in [0.29, 0.717) is 23.9 Å². The molecule has 0 radical (unpaired) electrons. The van der Waals surface area contributed by atoms with Crippen molar-refractivity contribution in [2.24, 2.45) is 4.99 Å². The molecule has 3 N–H and O–H groups in total. The maximum atomic E-state index is 11.7. The second kappa shape index (κ2) is 10.1. The Balaban J connectivity index is 1.84. The Labute approximate surface area is 172 Å². The first-order valence-electron chi connectivity index (χ1n) is 9.29. The minimum Gasteiger partial charge on any atom is -0.356 e. The van der Waals surface area contributed by atoms with Crippen molar-refractivity contribution in [3.05, 3.63) is 59.2 Å². The van der Waals surface area contributed by atoms with Crippen LogP contribution in [0.1, 0.15) is 23.6 Å². The van der Waals surface area contributed by atoms with Crippen LogP contribution < -0.4 is 16.0 Å². The lowest BCUT2D eigenvalue weighted by atomic mass is 10.1. The highest BCUT2D eigenvalue weighted by atomic mass is 32.2. The van der Waals surface area contributed by atoms with Gasteiger partial charge in [-0.05, 0) is 48.2 Å². The fourth-order valence-corrected chi connectivity index (χ4v) is 3.89. The molecule has 0 bridgehead atoms. The standard InChI is InChI=1S/C21H28N4O3S/c1-15-13-18(7-10-20(15)29(4,27)28)14-24-21(22-3)23-12-11-17-5-8-19(9-6-17)25-16(2)26/h5-10,13H,11-12,14H2,1-4H3,(H,25,26)(H2,22,23,24). The van der Waals surface area contributed by atoms with E-state index in [2.05, 4.69) is 20.9 Å². The van der Waals surface area contributed by atoms with Gasteiger partial charge in [0, 0.05) is 39.0 Å². The van der Waals surface area contributed by atoms with Crippen LogP contribution in [0.2, 0.25) is 0 Å². The van der Waals surface area contributed by atoms with Gasteiger partial charge in [0.05, 0.1) is 4.90 Å². The lowest BCUT2D eigenvalue weighted by Crippen LogP contribution is -2.37. The normalized spacial score (nSPS) is 11.8. The molecule has 29 heavy (non-hydrogen) atoms. The fraction of sp³-hybridized carbons (Fsp3) is 0.333. The number of amides is 1. The van der Waals surface area contributed by atoms with Crippen molar-refractivity contribution in [2.45, 2.75) is 31.7 Å².